The van der Waals surface area contributed by atoms with E-state index >= 15 is 0 Å². The number of carbonyl (C=O) groups excluding carboxylic acids is 1. The average molecular weight is 350 g/mol. The van der Waals surface area contributed by atoms with Crippen LogP contribution in [0.25, 0.3) is 0 Å². The smallest absolute Gasteiger partial charge is 0.226 e. The Morgan fingerprint density at radius 3 is 2.67 bits per heavy atom. The van der Waals surface area contributed by atoms with Gasteiger partial charge in [0.25, 0.3) is 0 Å². The number of nitrogens with zero attached hydrogens (tertiary/aromatic N) is 1. The third-order valence-corrected chi connectivity index (χ3v) is 4.87. The van der Waals surface area contributed by atoms with Crippen molar-refractivity contribution in [1.29, 1.82) is 5.26 Å². The van der Waals surface area contributed by atoms with Gasteiger partial charge in [0.05, 0.1) is 17.3 Å². The Bertz CT molecular complexity index is 559. The minimum atomic E-state index is -0.0681. The highest BCUT2D eigenvalue weighted by molar-refractivity contribution is 9.10. The molecule has 0 saturated heterocycles. The molecule has 0 heterocycles. The fourth-order valence-electron chi connectivity index (χ4n) is 2.93. The number of benzene rings is 1. The summed E-state index contributed by atoms with van der Waals surface area (Å²) in [7, 11) is 1.94. The van der Waals surface area contributed by atoms with Crippen LogP contribution in [0.2, 0.25) is 0 Å². The lowest BCUT2D eigenvalue weighted by atomic mass is 9.79. The molecule has 21 heavy (non-hydrogen) atoms. The molecule has 0 aromatic heterocycles. The second-order valence-corrected chi connectivity index (χ2v) is 6.48. The molecule has 1 aromatic carbocycles. The second kappa shape index (κ2) is 7.06. The van der Waals surface area contributed by atoms with Crippen LogP contribution >= 0.6 is 15.9 Å². The molecule has 1 aliphatic carbocycles. The van der Waals surface area contributed by atoms with E-state index in [1.807, 2.05) is 7.05 Å². The molecular formula is C16H20BrN3O. The van der Waals surface area contributed by atoms with Crippen LogP contribution in [0.5, 0.6) is 0 Å². The molecule has 0 unspecified atom stereocenters. The van der Waals surface area contributed by atoms with E-state index in [-0.39, 0.29) is 11.4 Å². The summed E-state index contributed by atoms with van der Waals surface area (Å²) >= 11 is 3.39. The van der Waals surface area contributed by atoms with Gasteiger partial charge < -0.3 is 10.6 Å². The molecule has 0 aliphatic heterocycles. The van der Waals surface area contributed by atoms with Crippen molar-refractivity contribution in [2.45, 2.75) is 44.1 Å². The molecule has 1 amide bonds. The van der Waals surface area contributed by atoms with Crippen molar-refractivity contribution in [3.8, 4) is 6.07 Å². The molecular weight excluding hydrogens is 330 g/mol. The van der Waals surface area contributed by atoms with Gasteiger partial charge in [-0.1, -0.05) is 19.3 Å². The fraction of sp³-hybridized carbons (Fsp3) is 0.500. The molecule has 0 bridgehead atoms. The van der Waals surface area contributed by atoms with Crippen LogP contribution in [0.4, 0.5) is 5.69 Å². The maximum absolute atomic E-state index is 12.3. The normalized spacial score (nSPS) is 17.0. The average Bonchev–Trinajstić information content (AvgIpc) is 2.50. The summed E-state index contributed by atoms with van der Waals surface area (Å²) < 4.78 is 0.733. The van der Waals surface area contributed by atoms with Crippen LogP contribution in [-0.4, -0.2) is 18.5 Å². The maximum Gasteiger partial charge on any atom is 0.226 e. The van der Waals surface area contributed by atoms with Crippen LogP contribution in [0.1, 0.15) is 44.1 Å². The number of hydrogen-bond acceptors (Lipinski definition) is 3. The summed E-state index contributed by atoms with van der Waals surface area (Å²) in [5.41, 5.74) is 1.21. The van der Waals surface area contributed by atoms with Gasteiger partial charge in [0.15, 0.2) is 0 Å². The Morgan fingerprint density at radius 1 is 1.38 bits per heavy atom. The maximum atomic E-state index is 12.3. The second-order valence-electron chi connectivity index (χ2n) is 5.62. The predicted molar refractivity (Wildman–Crippen MR) is 87.0 cm³/mol. The van der Waals surface area contributed by atoms with E-state index in [0.717, 1.165) is 17.3 Å². The molecule has 112 valence electrons. The van der Waals surface area contributed by atoms with Crippen molar-refractivity contribution >= 4 is 27.5 Å². The highest BCUT2D eigenvalue weighted by Gasteiger charge is 2.32. The van der Waals surface area contributed by atoms with Gasteiger partial charge in [0, 0.05) is 16.4 Å². The van der Waals surface area contributed by atoms with E-state index in [1.54, 1.807) is 18.2 Å². The largest absolute Gasteiger partial charge is 0.325 e. The molecule has 1 aliphatic rings. The summed E-state index contributed by atoms with van der Waals surface area (Å²) in [4.78, 5) is 12.3. The zero-order valence-electron chi connectivity index (χ0n) is 12.2. The van der Waals surface area contributed by atoms with Crippen molar-refractivity contribution in [2.24, 2.45) is 0 Å². The summed E-state index contributed by atoms with van der Waals surface area (Å²) in [5.74, 6) is 0.0108. The summed E-state index contributed by atoms with van der Waals surface area (Å²) in [6.45, 7) is 0. The first-order valence-corrected chi connectivity index (χ1v) is 8.06. The van der Waals surface area contributed by atoms with Crippen LogP contribution < -0.4 is 10.6 Å². The van der Waals surface area contributed by atoms with Crippen LogP contribution in [0.3, 0.4) is 0 Å². The Morgan fingerprint density at radius 2 is 2.10 bits per heavy atom. The van der Waals surface area contributed by atoms with Crippen molar-refractivity contribution < 1.29 is 4.79 Å². The van der Waals surface area contributed by atoms with Gasteiger partial charge >= 0.3 is 0 Å². The number of hydrogen-bond donors (Lipinski definition) is 2. The van der Waals surface area contributed by atoms with Gasteiger partial charge in [0.1, 0.15) is 0 Å². The highest BCUT2D eigenvalue weighted by Crippen LogP contribution is 2.31. The first-order valence-electron chi connectivity index (χ1n) is 7.27. The van der Waals surface area contributed by atoms with Crippen molar-refractivity contribution in [2.75, 3.05) is 12.4 Å². The summed E-state index contributed by atoms with van der Waals surface area (Å²) in [6, 6.07) is 7.25. The van der Waals surface area contributed by atoms with Gasteiger partial charge in [-0.3, -0.25) is 4.79 Å². The molecule has 2 N–H and O–H groups in total. The van der Waals surface area contributed by atoms with E-state index < -0.39 is 0 Å². The molecule has 0 radical (unpaired) electrons. The van der Waals surface area contributed by atoms with Crippen molar-refractivity contribution in [3.63, 3.8) is 0 Å². The van der Waals surface area contributed by atoms with Gasteiger partial charge in [0.2, 0.25) is 5.91 Å². The predicted octanol–water partition coefficient (Wildman–Crippen LogP) is 3.57. The van der Waals surface area contributed by atoms with E-state index in [2.05, 4.69) is 32.6 Å². The van der Waals surface area contributed by atoms with Gasteiger partial charge in [-0.15, -0.1) is 0 Å². The summed E-state index contributed by atoms with van der Waals surface area (Å²) in [5, 5.41) is 15.1. The first-order chi connectivity index (χ1) is 10.1. The molecule has 1 fully saturated rings. The SMILES string of the molecule is CNC1(CC(=O)Nc2ccc(C#N)cc2Br)CCCCC1. The first kappa shape index (κ1) is 16.0. The molecule has 0 atom stereocenters. The van der Waals surface area contributed by atoms with Crippen LogP contribution in [0.15, 0.2) is 22.7 Å². The van der Waals surface area contributed by atoms with Crippen molar-refractivity contribution in [3.05, 3.63) is 28.2 Å². The van der Waals surface area contributed by atoms with Crippen molar-refractivity contribution in [1.82, 2.24) is 5.32 Å². The van der Waals surface area contributed by atoms with Gasteiger partial charge in [-0.05, 0) is 54.0 Å². The molecule has 5 heteroatoms. The molecule has 1 aromatic rings. The third kappa shape index (κ3) is 4.05. The minimum Gasteiger partial charge on any atom is -0.325 e. The van der Waals surface area contributed by atoms with Gasteiger partial charge in [-0.2, -0.15) is 5.26 Å². The minimum absolute atomic E-state index is 0.0108. The number of rotatable bonds is 4. The lowest BCUT2D eigenvalue weighted by molar-refractivity contribution is -0.117. The number of carbonyl (C=O) groups is 1. The Hall–Kier alpha value is -1.38. The van der Waals surface area contributed by atoms with E-state index in [1.165, 1.54) is 19.3 Å². The standard InChI is InChI=1S/C16H20BrN3O/c1-19-16(7-3-2-4-8-16)10-15(21)20-14-6-5-12(11-18)9-13(14)17/h5-6,9,19H,2-4,7-8,10H2,1H3,(H,20,21). The number of nitriles is 1. The van der Waals surface area contributed by atoms with Crippen LogP contribution in [0, 0.1) is 11.3 Å². The topological polar surface area (TPSA) is 64.9 Å². The lowest BCUT2D eigenvalue weighted by Crippen LogP contribution is -2.47. The molecule has 1 saturated carbocycles. The Balaban J connectivity index is 2.03. The van der Waals surface area contributed by atoms with E-state index in [0.29, 0.717) is 17.7 Å². The zero-order valence-corrected chi connectivity index (χ0v) is 13.8. The lowest BCUT2D eigenvalue weighted by Gasteiger charge is -2.36. The molecule has 0 spiro atoms. The monoisotopic (exact) mass is 349 g/mol. The number of anilines is 1. The zero-order chi connectivity index (χ0) is 15.3. The Kier molecular flexibility index (Phi) is 5.38. The number of halogens is 1. The summed E-state index contributed by atoms with van der Waals surface area (Å²) in [6.07, 6.45) is 6.18. The number of amides is 1. The molecule has 2 rings (SSSR count). The number of nitrogens with one attached hydrogen (secondary N) is 2. The van der Waals surface area contributed by atoms with Gasteiger partial charge in [-0.25, -0.2) is 0 Å². The van der Waals surface area contributed by atoms with E-state index in [9.17, 15) is 4.79 Å². The van der Waals surface area contributed by atoms with Crippen LogP contribution in [-0.2, 0) is 4.79 Å². The van der Waals surface area contributed by atoms with E-state index in [4.69, 9.17) is 5.26 Å². The Labute approximate surface area is 134 Å². The highest BCUT2D eigenvalue weighted by atomic mass is 79.9. The molecule has 4 nitrogen and oxygen atoms in total. The fourth-order valence-corrected chi connectivity index (χ4v) is 3.41. The third-order valence-electron chi connectivity index (χ3n) is 4.21. The quantitative estimate of drug-likeness (QED) is 0.873.